The lowest BCUT2D eigenvalue weighted by Crippen LogP contribution is -2.46. The number of carbonyl (C=O) groups excluding carboxylic acids is 1. The van der Waals surface area contributed by atoms with Gasteiger partial charge in [-0.3, -0.25) is 4.79 Å². The van der Waals surface area contributed by atoms with Crippen LogP contribution in [0.5, 0.6) is 0 Å². The summed E-state index contributed by atoms with van der Waals surface area (Å²) in [5, 5.41) is 0. The molecule has 2 aliphatic heterocycles. The molecule has 0 aromatic rings. The minimum Gasteiger partial charge on any atom is -0.306 e. The van der Waals surface area contributed by atoms with Crippen LogP contribution in [0, 0.1) is 11.8 Å². The maximum absolute atomic E-state index is 12.2. The summed E-state index contributed by atoms with van der Waals surface area (Å²) >= 11 is 0. The van der Waals surface area contributed by atoms with E-state index in [0.717, 1.165) is 30.0 Å². The standard InChI is InChI=1S/C14H19NO/c1-8-4-6-12-10(3)14(16)15-9(2)5-7-11(8)13(12)15/h5,8,11,13H,4,6-7H2,1-3H3. The van der Waals surface area contributed by atoms with Crippen LogP contribution < -0.4 is 0 Å². The first-order valence-electron chi connectivity index (χ1n) is 6.31. The fraction of sp³-hybridized carbons (Fsp3) is 0.643. The van der Waals surface area contributed by atoms with Gasteiger partial charge in [0.25, 0.3) is 5.91 Å². The Morgan fingerprint density at radius 3 is 2.88 bits per heavy atom. The maximum atomic E-state index is 12.2. The summed E-state index contributed by atoms with van der Waals surface area (Å²) in [4.78, 5) is 14.3. The Labute approximate surface area is 97.0 Å². The fourth-order valence-electron chi connectivity index (χ4n) is 3.66. The van der Waals surface area contributed by atoms with Gasteiger partial charge in [0.05, 0.1) is 6.04 Å². The van der Waals surface area contributed by atoms with E-state index in [-0.39, 0.29) is 5.91 Å². The Bertz CT molecular complexity index is 418. The topological polar surface area (TPSA) is 20.3 Å². The first kappa shape index (κ1) is 10.1. The molecule has 1 fully saturated rings. The number of amides is 1. The molecule has 2 heteroatoms. The quantitative estimate of drug-likeness (QED) is 0.611. The average Bonchev–Trinajstić information content (AvgIpc) is 2.51. The van der Waals surface area contributed by atoms with E-state index in [1.807, 2.05) is 6.92 Å². The molecular weight excluding hydrogens is 198 g/mol. The van der Waals surface area contributed by atoms with E-state index in [1.54, 1.807) is 0 Å². The molecule has 0 N–H and O–H groups in total. The number of nitrogens with zero attached hydrogens (tertiary/aromatic N) is 1. The van der Waals surface area contributed by atoms with Gasteiger partial charge in [0.15, 0.2) is 0 Å². The van der Waals surface area contributed by atoms with Crippen molar-refractivity contribution in [1.29, 1.82) is 0 Å². The highest BCUT2D eigenvalue weighted by molar-refractivity contribution is 5.98. The largest absolute Gasteiger partial charge is 0.306 e. The van der Waals surface area contributed by atoms with E-state index in [1.165, 1.54) is 12.0 Å². The summed E-state index contributed by atoms with van der Waals surface area (Å²) < 4.78 is 0. The zero-order valence-corrected chi connectivity index (χ0v) is 10.3. The Hall–Kier alpha value is -1.05. The molecule has 0 spiro atoms. The minimum absolute atomic E-state index is 0.257. The van der Waals surface area contributed by atoms with E-state index >= 15 is 0 Å². The number of hydrogen-bond donors (Lipinski definition) is 0. The van der Waals surface area contributed by atoms with Gasteiger partial charge in [-0.1, -0.05) is 13.0 Å². The predicted octanol–water partition coefficient (Wildman–Crippen LogP) is 2.87. The lowest BCUT2D eigenvalue weighted by molar-refractivity contribution is -0.126. The third kappa shape index (κ3) is 1.10. The smallest absolute Gasteiger partial charge is 0.254 e. The summed E-state index contributed by atoms with van der Waals surface area (Å²) in [6, 6.07) is 0.404. The predicted molar refractivity (Wildman–Crippen MR) is 63.6 cm³/mol. The van der Waals surface area contributed by atoms with Crippen molar-refractivity contribution in [2.45, 2.75) is 46.1 Å². The summed E-state index contributed by atoms with van der Waals surface area (Å²) in [5.41, 5.74) is 3.62. The van der Waals surface area contributed by atoms with Crippen LogP contribution >= 0.6 is 0 Å². The van der Waals surface area contributed by atoms with Gasteiger partial charge >= 0.3 is 0 Å². The van der Waals surface area contributed by atoms with Crippen molar-refractivity contribution in [3.8, 4) is 0 Å². The number of rotatable bonds is 0. The first-order chi connectivity index (χ1) is 7.61. The summed E-state index contributed by atoms with van der Waals surface area (Å²) in [7, 11) is 0. The third-order valence-corrected chi connectivity index (χ3v) is 4.73. The zero-order valence-electron chi connectivity index (χ0n) is 10.3. The molecule has 0 bridgehead atoms. The number of hydrogen-bond acceptors (Lipinski definition) is 1. The Morgan fingerprint density at radius 2 is 2.12 bits per heavy atom. The molecule has 1 saturated carbocycles. The van der Waals surface area contributed by atoms with Gasteiger partial charge in [-0.15, -0.1) is 0 Å². The molecule has 0 radical (unpaired) electrons. The van der Waals surface area contributed by atoms with E-state index in [0.29, 0.717) is 12.0 Å². The molecule has 0 saturated heterocycles. The zero-order chi connectivity index (χ0) is 11.4. The normalized spacial score (nSPS) is 37.7. The minimum atomic E-state index is 0.257. The van der Waals surface area contributed by atoms with Crippen molar-refractivity contribution in [2.75, 3.05) is 0 Å². The maximum Gasteiger partial charge on any atom is 0.254 e. The van der Waals surface area contributed by atoms with E-state index < -0.39 is 0 Å². The molecule has 86 valence electrons. The monoisotopic (exact) mass is 217 g/mol. The summed E-state index contributed by atoms with van der Waals surface area (Å²) in [6.45, 7) is 6.42. The molecule has 3 rings (SSSR count). The van der Waals surface area contributed by atoms with Gasteiger partial charge in [0.2, 0.25) is 0 Å². The van der Waals surface area contributed by atoms with E-state index in [4.69, 9.17) is 0 Å². The molecule has 1 aliphatic carbocycles. The molecule has 1 amide bonds. The average molecular weight is 217 g/mol. The molecule has 3 unspecified atom stereocenters. The van der Waals surface area contributed by atoms with Crippen LogP contribution in [0.4, 0.5) is 0 Å². The second-order valence-corrected chi connectivity index (χ2v) is 5.53. The van der Waals surface area contributed by atoms with Gasteiger partial charge in [0, 0.05) is 11.3 Å². The first-order valence-corrected chi connectivity index (χ1v) is 6.31. The summed E-state index contributed by atoms with van der Waals surface area (Å²) in [5.74, 6) is 1.67. The third-order valence-electron chi connectivity index (χ3n) is 4.73. The van der Waals surface area contributed by atoms with Crippen molar-refractivity contribution in [1.82, 2.24) is 4.90 Å². The van der Waals surface area contributed by atoms with E-state index in [2.05, 4.69) is 24.8 Å². The number of allylic oxidation sites excluding steroid dienone is 2. The van der Waals surface area contributed by atoms with Gasteiger partial charge in [0.1, 0.15) is 0 Å². The molecule has 3 atom stereocenters. The van der Waals surface area contributed by atoms with Crippen LogP contribution in [-0.2, 0) is 4.79 Å². The molecular formula is C14H19NO. The fourth-order valence-corrected chi connectivity index (χ4v) is 3.66. The van der Waals surface area contributed by atoms with Gasteiger partial charge in [-0.25, -0.2) is 0 Å². The molecule has 3 aliphatic rings. The van der Waals surface area contributed by atoms with E-state index in [9.17, 15) is 4.79 Å². The van der Waals surface area contributed by atoms with Crippen LogP contribution in [-0.4, -0.2) is 16.8 Å². The van der Waals surface area contributed by atoms with Crippen LogP contribution in [0.1, 0.15) is 40.0 Å². The molecule has 0 aromatic carbocycles. The Balaban J connectivity index is 2.11. The lowest BCUT2D eigenvalue weighted by Gasteiger charge is -2.43. The van der Waals surface area contributed by atoms with Gasteiger partial charge in [-0.2, -0.15) is 0 Å². The van der Waals surface area contributed by atoms with Crippen molar-refractivity contribution in [2.24, 2.45) is 11.8 Å². The SMILES string of the molecule is CC1=CCC2C(C)CCC3=C(C)C(=O)N1C32. The summed E-state index contributed by atoms with van der Waals surface area (Å²) in [6.07, 6.45) is 5.78. The Kier molecular flexibility index (Phi) is 2.04. The van der Waals surface area contributed by atoms with Crippen molar-refractivity contribution < 1.29 is 4.79 Å². The van der Waals surface area contributed by atoms with Crippen LogP contribution in [0.15, 0.2) is 22.9 Å². The van der Waals surface area contributed by atoms with Gasteiger partial charge in [-0.05, 0) is 50.5 Å². The molecule has 2 nitrogen and oxygen atoms in total. The second kappa shape index (κ2) is 3.22. The second-order valence-electron chi connectivity index (χ2n) is 5.53. The highest BCUT2D eigenvalue weighted by Gasteiger charge is 2.47. The van der Waals surface area contributed by atoms with Crippen LogP contribution in [0.3, 0.4) is 0 Å². The molecule has 2 heterocycles. The van der Waals surface area contributed by atoms with Crippen LogP contribution in [0.25, 0.3) is 0 Å². The van der Waals surface area contributed by atoms with Crippen molar-refractivity contribution in [3.05, 3.63) is 22.9 Å². The highest BCUT2D eigenvalue weighted by atomic mass is 16.2. The van der Waals surface area contributed by atoms with Crippen LogP contribution in [0.2, 0.25) is 0 Å². The van der Waals surface area contributed by atoms with Crippen molar-refractivity contribution >= 4 is 5.91 Å². The molecule has 16 heavy (non-hydrogen) atoms. The highest BCUT2D eigenvalue weighted by Crippen LogP contribution is 2.47. The van der Waals surface area contributed by atoms with Crippen molar-refractivity contribution in [3.63, 3.8) is 0 Å². The molecule has 0 aromatic heterocycles. The number of carbonyl (C=O) groups is 1. The van der Waals surface area contributed by atoms with Gasteiger partial charge < -0.3 is 4.90 Å². The Morgan fingerprint density at radius 1 is 1.38 bits per heavy atom. The lowest BCUT2D eigenvalue weighted by atomic mass is 9.71.